The van der Waals surface area contributed by atoms with E-state index in [-0.39, 0.29) is 0 Å². The second-order valence-corrected chi connectivity index (χ2v) is 4.86. The highest BCUT2D eigenvalue weighted by molar-refractivity contribution is 5.48. The Hall–Kier alpha value is -1.06. The van der Waals surface area contributed by atoms with Crippen molar-refractivity contribution in [1.29, 1.82) is 0 Å². The minimum Gasteiger partial charge on any atom is -0.380 e. The van der Waals surface area contributed by atoms with E-state index in [9.17, 15) is 0 Å². The lowest BCUT2D eigenvalue weighted by Gasteiger charge is -2.25. The van der Waals surface area contributed by atoms with Gasteiger partial charge in [0.2, 0.25) is 0 Å². The second kappa shape index (κ2) is 6.03. The predicted octanol–water partition coefficient (Wildman–Crippen LogP) is 1.88. The topological polar surface area (TPSA) is 24.5 Å². The first kappa shape index (κ1) is 12.4. The summed E-state index contributed by atoms with van der Waals surface area (Å²) in [4.78, 5) is 2.46. The van der Waals surface area contributed by atoms with Crippen LogP contribution in [0.1, 0.15) is 12.5 Å². The average Bonchev–Trinajstić information content (AvgIpc) is 2.55. The third-order valence-corrected chi connectivity index (χ3v) is 3.17. The van der Waals surface area contributed by atoms with Crippen molar-refractivity contribution in [3.63, 3.8) is 0 Å². The van der Waals surface area contributed by atoms with E-state index in [1.807, 2.05) is 0 Å². The van der Waals surface area contributed by atoms with Crippen molar-refractivity contribution in [1.82, 2.24) is 5.32 Å². The molecule has 0 saturated carbocycles. The van der Waals surface area contributed by atoms with Crippen LogP contribution < -0.4 is 10.2 Å². The Balaban J connectivity index is 2.11. The summed E-state index contributed by atoms with van der Waals surface area (Å²) in [5.41, 5.74) is 2.56. The van der Waals surface area contributed by atoms with Crippen LogP contribution in [-0.2, 0) is 11.3 Å². The quantitative estimate of drug-likeness (QED) is 0.864. The van der Waals surface area contributed by atoms with Gasteiger partial charge in [0.05, 0.1) is 6.61 Å². The molecule has 1 unspecified atom stereocenters. The van der Waals surface area contributed by atoms with Gasteiger partial charge in [-0.3, -0.25) is 0 Å². The minimum absolute atomic E-state index is 0.690. The Labute approximate surface area is 104 Å². The molecule has 94 valence electrons. The zero-order valence-electron chi connectivity index (χ0n) is 10.8. The van der Waals surface area contributed by atoms with Crippen LogP contribution in [-0.4, -0.2) is 33.3 Å². The van der Waals surface area contributed by atoms with Gasteiger partial charge in [-0.2, -0.15) is 0 Å². The Bertz CT molecular complexity index is 354. The van der Waals surface area contributed by atoms with Crippen LogP contribution >= 0.6 is 0 Å². The summed E-state index contributed by atoms with van der Waals surface area (Å²) >= 11 is 0. The molecule has 1 aliphatic heterocycles. The molecule has 2 rings (SSSR count). The van der Waals surface area contributed by atoms with E-state index in [0.717, 1.165) is 26.2 Å². The van der Waals surface area contributed by atoms with Crippen molar-refractivity contribution in [2.45, 2.75) is 13.5 Å². The summed E-state index contributed by atoms with van der Waals surface area (Å²) in [5.74, 6) is 0.698. The number of methoxy groups -OCH3 is 1. The summed E-state index contributed by atoms with van der Waals surface area (Å²) in [5, 5.41) is 3.47. The summed E-state index contributed by atoms with van der Waals surface area (Å²) in [6, 6.07) is 8.66. The Morgan fingerprint density at radius 2 is 2.35 bits per heavy atom. The molecule has 3 nitrogen and oxygen atoms in total. The highest BCUT2D eigenvalue weighted by atomic mass is 16.5. The monoisotopic (exact) mass is 234 g/mol. The van der Waals surface area contributed by atoms with E-state index >= 15 is 0 Å². The van der Waals surface area contributed by atoms with E-state index in [1.165, 1.54) is 11.3 Å². The van der Waals surface area contributed by atoms with Gasteiger partial charge in [0, 0.05) is 32.4 Å². The first-order valence-electron chi connectivity index (χ1n) is 6.33. The molecule has 1 heterocycles. The smallest absolute Gasteiger partial charge is 0.0713 e. The molecule has 1 aromatic rings. The van der Waals surface area contributed by atoms with Gasteiger partial charge in [0.25, 0.3) is 0 Å². The van der Waals surface area contributed by atoms with Crippen LogP contribution in [0.4, 0.5) is 5.69 Å². The summed E-state index contributed by atoms with van der Waals surface area (Å²) in [6.45, 7) is 7.39. The first-order valence-corrected chi connectivity index (χ1v) is 6.33. The zero-order chi connectivity index (χ0) is 12.1. The molecule has 1 aliphatic rings. The Morgan fingerprint density at radius 1 is 1.47 bits per heavy atom. The molecule has 0 spiro atoms. The van der Waals surface area contributed by atoms with Gasteiger partial charge in [-0.05, 0) is 30.2 Å². The van der Waals surface area contributed by atoms with Gasteiger partial charge in [0.15, 0.2) is 0 Å². The molecule has 0 bridgehead atoms. The molecule has 17 heavy (non-hydrogen) atoms. The molecule has 3 heteroatoms. The van der Waals surface area contributed by atoms with Gasteiger partial charge in [-0.25, -0.2) is 0 Å². The maximum Gasteiger partial charge on any atom is 0.0713 e. The van der Waals surface area contributed by atoms with Gasteiger partial charge in [-0.15, -0.1) is 0 Å². The second-order valence-electron chi connectivity index (χ2n) is 4.86. The van der Waals surface area contributed by atoms with Crippen LogP contribution in [0.15, 0.2) is 24.3 Å². The number of hydrogen-bond donors (Lipinski definition) is 1. The molecule has 1 saturated heterocycles. The van der Waals surface area contributed by atoms with Crippen molar-refractivity contribution in [2.24, 2.45) is 5.92 Å². The third kappa shape index (κ3) is 3.45. The Morgan fingerprint density at radius 3 is 3.18 bits per heavy atom. The molecule has 1 N–H and O–H groups in total. The number of anilines is 1. The minimum atomic E-state index is 0.690. The van der Waals surface area contributed by atoms with Crippen molar-refractivity contribution >= 4 is 5.69 Å². The maximum absolute atomic E-state index is 5.19. The molecule has 0 amide bonds. The molecular formula is C14H22N2O. The number of rotatable bonds is 3. The molecule has 0 aromatic heterocycles. The van der Waals surface area contributed by atoms with E-state index < -0.39 is 0 Å². The van der Waals surface area contributed by atoms with Crippen molar-refractivity contribution in [3.05, 3.63) is 29.8 Å². The fourth-order valence-corrected chi connectivity index (χ4v) is 2.34. The van der Waals surface area contributed by atoms with Crippen molar-refractivity contribution in [3.8, 4) is 0 Å². The normalized spacial score (nSPS) is 21.3. The largest absolute Gasteiger partial charge is 0.380 e. The van der Waals surface area contributed by atoms with E-state index in [2.05, 4.69) is 41.4 Å². The first-order chi connectivity index (χ1) is 8.29. The summed E-state index contributed by atoms with van der Waals surface area (Å²) in [6.07, 6.45) is 0. The van der Waals surface area contributed by atoms with Crippen LogP contribution in [0.25, 0.3) is 0 Å². The fraction of sp³-hybridized carbons (Fsp3) is 0.571. The SMILES string of the molecule is COCc1cccc(N2CCNCC(C)C2)c1. The molecule has 1 atom stereocenters. The van der Waals surface area contributed by atoms with Crippen LogP contribution in [0.3, 0.4) is 0 Å². The lowest BCUT2D eigenvalue weighted by atomic mass is 10.1. The van der Waals surface area contributed by atoms with E-state index in [1.54, 1.807) is 7.11 Å². The van der Waals surface area contributed by atoms with Gasteiger partial charge in [-0.1, -0.05) is 19.1 Å². The lowest BCUT2D eigenvalue weighted by Crippen LogP contribution is -2.29. The number of ether oxygens (including phenoxy) is 1. The van der Waals surface area contributed by atoms with Crippen molar-refractivity contribution in [2.75, 3.05) is 38.2 Å². The molecular weight excluding hydrogens is 212 g/mol. The fourth-order valence-electron chi connectivity index (χ4n) is 2.34. The molecule has 1 fully saturated rings. The molecule has 0 radical (unpaired) electrons. The van der Waals surface area contributed by atoms with Gasteiger partial charge >= 0.3 is 0 Å². The zero-order valence-corrected chi connectivity index (χ0v) is 10.8. The summed E-state index contributed by atoms with van der Waals surface area (Å²) in [7, 11) is 1.74. The lowest BCUT2D eigenvalue weighted by molar-refractivity contribution is 0.185. The number of hydrogen-bond acceptors (Lipinski definition) is 3. The molecule has 1 aromatic carbocycles. The predicted molar refractivity (Wildman–Crippen MR) is 71.4 cm³/mol. The van der Waals surface area contributed by atoms with E-state index in [0.29, 0.717) is 12.5 Å². The van der Waals surface area contributed by atoms with Crippen LogP contribution in [0.2, 0.25) is 0 Å². The highest BCUT2D eigenvalue weighted by Gasteiger charge is 2.14. The van der Waals surface area contributed by atoms with E-state index in [4.69, 9.17) is 4.74 Å². The maximum atomic E-state index is 5.19. The number of nitrogens with zero attached hydrogens (tertiary/aromatic N) is 1. The Kier molecular flexibility index (Phi) is 4.40. The van der Waals surface area contributed by atoms with Gasteiger partial charge in [0.1, 0.15) is 0 Å². The standard InChI is InChI=1S/C14H22N2O/c1-12-9-15-6-7-16(10-12)14-5-3-4-13(8-14)11-17-2/h3-5,8,12,15H,6-7,9-11H2,1-2H3. The van der Waals surface area contributed by atoms with Crippen LogP contribution in [0.5, 0.6) is 0 Å². The third-order valence-electron chi connectivity index (χ3n) is 3.17. The van der Waals surface area contributed by atoms with Gasteiger partial charge < -0.3 is 15.0 Å². The van der Waals surface area contributed by atoms with Crippen LogP contribution in [0, 0.1) is 5.92 Å². The summed E-state index contributed by atoms with van der Waals surface area (Å²) < 4.78 is 5.19. The highest BCUT2D eigenvalue weighted by Crippen LogP contribution is 2.18. The average molecular weight is 234 g/mol. The molecule has 0 aliphatic carbocycles. The van der Waals surface area contributed by atoms with Crippen molar-refractivity contribution < 1.29 is 4.74 Å². The number of benzene rings is 1. The number of nitrogens with one attached hydrogen (secondary N) is 1.